The molecule has 1 aromatic rings. The Bertz CT molecular complexity index is 397. The molecule has 1 unspecified atom stereocenters. The summed E-state index contributed by atoms with van der Waals surface area (Å²) in [6, 6.07) is 10.1. The molecule has 1 N–H and O–H groups in total. The van der Waals surface area contributed by atoms with E-state index in [1.165, 1.54) is 50.1 Å². The number of benzene rings is 1. The van der Waals surface area contributed by atoms with Gasteiger partial charge in [0, 0.05) is 24.3 Å². The minimum Gasteiger partial charge on any atom is -0.380 e. The number of nitrogens with one attached hydrogen (secondary N) is 1. The fraction of sp³-hybridized carbons (Fsp3) is 0.625. The second kappa shape index (κ2) is 5.51. The van der Waals surface area contributed by atoms with E-state index in [1.807, 2.05) is 0 Å². The van der Waals surface area contributed by atoms with E-state index < -0.39 is 0 Å². The molecular formula is C16H25N3. The molecule has 3 nitrogen and oxygen atoms in total. The lowest BCUT2D eigenvalue weighted by molar-refractivity contribution is 0.142. The summed E-state index contributed by atoms with van der Waals surface area (Å²) in [6.45, 7) is 3.68. The molecule has 0 aromatic heterocycles. The van der Waals surface area contributed by atoms with Crippen molar-refractivity contribution in [1.29, 1.82) is 0 Å². The van der Waals surface area contributed by atoms with E-state index in [2.05, 4.69) is 53.5 Å². The van der Waals surface area contributed by atoms with Crippen molar-refractivity contribution in [3.8, 4) is 0 Å². The molecule has 2 aliphatic rings. The summed E-state index contributed by atoms with van der Waals surface area (Å²) >= 11 is 0. The number of hydrogen-bond donors (Lipinski definition) is 1. The number of rotatable bonds is 3. The second-order valence-corrected chi connectivity index (χ2v) is 6.20. The van der Waals surface area contributed by atoms with Gasteiger partial charge in [-0.1, -0.05) is 18.2 Å². The molecule has 1 aromatic carbocycles. The monoisotopic (exact) mass is 259 g/mol. The Morgan fingerprint density at radius 2 is 1.95 bits per heavy atom. The van der Waals surface area contributed by atoms with Gasteiger partial charge in [-0.15, -0.1) is 0 Å². The predicted molar refractivity (Wildman–Crippen MR) is 80.7 cm³/mol. The summed E-state index contributed by atoms with van der Waals surface area (Å²) in [5, 5.41) is 3.66. The van der Waals surface area contributed by atoms with Crippen LogP contribution in [0.25, 0.3) is 0 Å². The third kappa shape index (κ3) is 2.93. The van der Waals surface area contributed by atoms with Crippen LogP contribution in [0.2, 0.25) is 0 Å². The lowest BCUT2D eigenvalue weighted by Gasteiger charge is -2.36. The molecule has 0 spiro atoms. The van der Waals surface area contributed by atoms with Crippen LogP contribution < -0.4 is 5.32 Å². The van der Waals surface area contributed by atoms with Crippen LogP contribution >= 0.6 is 0 Å². The van der Waals surface area contributed by atoms with Crippen molar-refractivity contribution in [2.75, 3.05) is 39.0 Å². The van der Waals surface area contributed by atoms with Gasteiger partial charge in [-0.2, -0.15) is 0 Å². The zero-order valence-corrected chi connectivity index (χ0v) is 12.1. The lowest BCUT2D eigenvalue weighted by Crippen LogP contribution is -2.45. The molecule has 0 saturated carbocycles. The first-order chi connectivity index (χ1) is 9.22. The lowest BCUT2D eigenvalue weighted by atomic mass is 10.0. The number of hydrogen-bond acceptors (Lipinski definition) is 3. The van der Waals surface area contributed by atoms with Gasteiger partial charge < -0.3 is 15.1 Å². The van der Waals surface area contributed by atoms with Crippen molar-refractivity contribution in [2.45, 2.75) is 31.3 Å². The van der Waals surface area contributed by atoms with Gasteiger partial charge in [-0.3, -0.25) is 0 Å². The third-order valence-electron chi connectivity index (χ3n) is 4.61. The minimum absolute atomic E-state index is 0.605. The highest BCUT2D eigenvalue weighted by Crippen LogP contribution is 2.26. The SMILES string of the molecule is CN(C)C1CCN(CC2Cc3ccccc3N2)CC1. The van der Waals surface area contributed by atoms with Crippen molar-refractivity contribution in [3.63, 3.8) is 0 Å². The quantitative estimate of drug-likeness (QED) is 0.896. The minimum atomic E-state index is 0.605. The fourth-order valence-corrected chi connectivity index (χ4v) is 3.42. The second-order valence-electron chi connectivity index (χ2n) is 6.20. The third-order valence-corrected chi connectivity index (χ3v) is 4.61. The first-order valence-corrected chi connectivity index (χ1v) is 7.45. The van der Waals surface area contributed by atoms with E-state index in [4.69, 9.17) is 0 Å². The van der Waals surface area contributed by atoms with Crippen LogP contribution in [0, 0.1) is 0 Å². The molecule has 19 heavy (non-hydrogen) atoms. The Morgan fingerprint density at radius 1 is 1.21 bits per heavy atom. The predicted octanol–water partition coefficient (Wildman–Crippen LogP) is 2.05. The molecule has 2 heterocycles. The topological polar surface area (TPSA) is 18.5 Å². The Labute approximate surface area is 116 Å². The normalized spacial score (nSPS) is 24.5. The van der Waals surface area contributed by atoms with E-state index in [-0.39, 0.29) is 0 Å². The molecule has 3 heteroatoms. The summed E-state index contributed by atoms with van der Waals surface area (Å²) in [5.41, 5.74) is 2.83. The van der Waals surface area contributed by atoms with Crippen LogP contribution in [-0.2, 0) is 6.42 Å². The molecule has 1 atom stereocenters. The van der Waals surface area contributed by atoms with Crippen LogP contribution in [0.3, 0.4) is 0 Å². The molecule has 0 amide bonds. The number of nitrogens with zero attached hydrogens (tertiary/aromatic N) is 2. The molecule has 2 aliphatic heterocycles. The van der Waals surface area contributed by atoms with Crippen molar-refractivity contribution >= 4 is 5.69 Å². The molecule has 1 fully saturated rings. The number of para-hydroxylation sites is 1. The van der Waals surface area contributed by atoms with Crippen molar-refractivity contribution in [2.24, 2.45) is 0 Å². The highest BCUT2D eigenvalue weighted by atomic mass is 15.2. The zero-order valence-electron chi connectivity index (χ0n) is 12.1. The van der Waals surface area contributed by atoms with Crippen molar-refractivity contribution in [3.05, 3.63) is 29.8 Å². The fourth-order valence-electron chi connectivity index (χ4n) is 3.42. The van der Waals surface area contributed by atoms with Gasteiger partial charge in [-0.25, -0.2) is 0 Å². The van der Waals surface area contributed by atoms with Crippen LogP contribution in [-0.4, -0.2) is 55.6 Å². The van der Waals surface area contributed by atoms with E-state index in [0.29, 0.717) is 6.04 Å². The molecule has 3 rings (SSSR count). The summed E-state index contributed by atoms with van der Waals surface area (Å²) in [4.78, 5) is 5.00. The zero-order chi connectivity index (χ0) is 13.2. The Morgan fingerprint density at radius 3 is 2.63 bits per heavy atom. The van der Waals surface area contributed by atoms with E-state index in [9.17, 15) is 0 Å². The first kappa shape index (κ1) is 12.9. The van der Waals surface area contributed by atoms with Crippen molar-refractivity contribution in [1.82, 2.24) is 9.80 Å². The Hall–Kier alpha value is -1.06. The first-order valence-electron chi connectivity index (χ1n) is 7.45. The number of likely N-dealkylation sites (tertiary alicyclic amines) is 1. The molecule has 0 aliphatic carbocycles. The van der Waals surface area contributed by atoms with Crippen LogP contribution in [0.15, 0.2) is 24.3 Å². The van der Waals surface area contributed by atoms with E-state index >= 15 is 0 Å². The Kier molecular flexibility index (Phi) is 3.76. The van der Waals surface area contributed by atoms with E-state index in [0.717, 1.165) is 6.04 Å². The number of fused-ring (bicyclic) bond motifs is 1. The summed E-state index contributed by atoms with van der Waals surface area (Å²) in [7, 11) is 4.41. The highest BCUT2D eigenvalue weighted by molar-refractivity contribution is 5.56. The average molecular weight is 259 g/mol. The van der Waals surface area contributed by atoms with Crippen molar-refractivity contribution < 1.29 is 0 Å². The Balaban J connectivity index is 1.50. The molecular weight excluding hydrogens is 234 g/mol. The molecule has 0 bridgehead atoms. The number of anilines is 1. The highest BCUT2D eigenvalue weighted by Gasteiger charge is 2.25. The van der Waals surface area contributed by atoms with Crippen LogP contribution in [0.1, 0.15) is 18.4 Å². The summed E-state index contributed by atoms with van der Waals surface area (Å²) < 4.78 is 0. The van der Waals surface area contributed by atoms with Crippen LogP contribution in [0.5, 0.6) is 0 Å². The molecule has 104 valence electrons. The van der Waals surface area contributed by atoms with Gasteiger partial charge in [0.15, 0.2) is 0 Å². The smallest absolute Gasteiger partial charge is 0.0429 e. The maximum Gasteiger partial charge on any atom is 0.0429 e. The van der Waals surface area contributed by atoms with Gasteiger partial charge in [0.1, 0.15) is 0 Å². The van der Waals surface area contributed by atoms with E-state index in [1.54, 1.807) is 0 Å². The van der Waals surface area contributed by atoms with Gasteiger partial charge in [-0.05, 0) is 58.1 Å². The molecule has 1 saturated heterocycles. The van der Waals surface area contributed by atoms with Crippen LogP contribution in [0.4, 0.5) is 5.69 Å². The summed E-state index contributed by atoms with van der Waals surface area (Å²) in [6.07, 6.45) is 3.81. The van der Waals surface area contributed by atoms with Gasteiger partial charge in [0.05, 0.1) is 0 Å². The average Bonchev–Trinajstić information content (AvgIpc) is 2.81. The standard InChI is InChI=1S/C16H25N3/c1-18(2)15-7-9-19(10-8-15)12-14-11-13-5-3-4-6-16(13)17-14/h3-6,14-15,17H,7-12H2,1-2H3. The maximum atomic E-state index is 3.66. The molecule has 0 radical (unpaired) electrons. The van der Waals surface area contributed by atoms with Gasteiger partial charge in [0.25, 0.3) is 0 Å². The summed E-state index contributed by atoms with van der Waals surface area (Å²) in [5.74, 6) is 0. The maximum absolute atomic E-state index is 3.66. The largest absolute Gasteiger partial charge is 0.380 e. The van der Waals surface area contributed by atoms with Gasteiger partial charge in [0.2, 0.25) is 0 Å². The number of piperidine rings is 1. The van der Waals surface area contributed by atoms with Gasteiger partial charge >= 0.3 is 0 Å².